The monoisotopic (exact) mass is 418 g/mol. The number of hydrogen-bond acceptors (Lipinski definition) is 2. The second-order valence-corrected chi connectivity index (χ2v) is 13.1. The first-order chi connectivity index (χ1) is 14.6. The molecule has 0 radical (unpaired) electrons. The Labute approximate surface area is 183 Å². The van der Waals surface area contributed by atoms with Crippen LogP contribution in [0.25, 0.3) is 0 Å². The van der Waals surface area contributed by atoms with E-state index in [1.807, 2.05) is 54.6 Å². The summed E-state index contributed by atoms with van der Waals surface area (Å²) in [6.07, 6.45) is 5.60. The van der Waals surface area contributed by atoms with Crippen LogP contribution in [0.2, 0.25) is 18.1 Å². The van der Waals surface area contributed by atoms with Crippen LogP contribution >= 0.6 is 0 Å². The molecule has 1 aliphatic carbocycles. The van der Waals surface area contributed by atoms with Crippen molar-refractivity contribution in [2.75, 3.05) is 0 Å². The Bertz CT molecular complexity index is 889. The molecule has 1 saturated carbocycles. The minimum Gasteiger partial charge on any atom is -0.401 e. The smallest absolute Gasteiger partial charge is 0.194 e. The van der Waals surface area contributed by atoms with Crippen LogP contribution in [-0.2, 0) is 4.43 Å². The maximum absolute atomic E-state index is 13.1. The van der Waals surface area contributed by atoms with Crippen molar-refractivity contribution in [2.45, 2.75) is 76.6 Å². The lowest BCUT2D eigenvalue weighted by molar-refractivity contribution is 0.0748. The zero-order chi connectivity index (χ0) is 21.5. The predicted molar refractivity (Wildman–Crippen MR) is 127 cm³/mol. The number of rotatable bonds is 7. The first-order valence-corrected chi connectivity index (χ1v) is 14.0. The van der Waals surface area contributed by atoms with Crippen molar-refractivity contribution in [1.82, 2.24) is 0 Å². The molecule has 158 valence electrons. The Morgan fingerprint density at radius 2 is 1.50 bits per heavy atom. The number of hydrogen-bond donors (Lipinski definition) is 0. The molecule has 1 fully saturated rings. The van der Waals surface area contributed by atoms with E-state index in [2.05, 4.69) is 32.6 Å². The average Bonchev–Trinajstić information content (AvgIpc) is 2.82. The summed E-state index contributed by atoms with van der Waals surface area (Å²) in [6, 6.07) is 20.6. The van der Waals surface area contributed by atoms with Crippen molar-refractivity contribution in [3.05, 3.63) is 71.3 Å². The lowest BCUT2D eigenvalue weighted by Gasteiger charge is -2.41. The van der Waals surface area contributed by atoms with Crippen LogP contribution in [0, 0.1) is 11.8 Å². The van der Waals surface area contributed by atoms with Crippen LogP contribution in [-0.4, -0.2) is 19.7 Å². The minimum absolute atomic E-state index is 0.0264. The van der Waals surface area contributed by atoms with Gasteiger partial charge in [-0.2, -0.15) is 0 Å². The summed E-state index contributed by atoms with van der Waals surface area (Å²) >= 11 is 0. The number of carbonyl (C=O) groups is 1. The molecule has 0 atom stereocenters. The Kier molecular flexibility index (Phi) is 7.69. The van der Waals surface area contributed by atoms with Gasteiger partial charge < -0.3 is 4.43 Å². The first-order valence-electron chi connectivity index (χ1n) is 11.5. The van der Waals surface area contributed by atoms with Crippen molar-refractivity contribution < 1.29 is 9.22 Å². The van der Waals surface area contributed by atoms with Gasteiger partial charge in [0.25, 0.3) is 0 Å². The Hall–Kier alpha value is -2.15. The molecule has 3 rings (SSSR count). The molecule has 3 heteroatoms. The molecule has 0 aromatic heterocycles. The fourth-order valence-electron chi connectivity index (χ4n) is 4.47. The summed E-state index contributed by atoms with van der Waals surface area (Å²) in [7, 11) is -1.77. The van der Waals surface area contributed by atoms with Crippen LogP contribution in [0.5, 0.6) is 0 Å². The fraction of sp³-hybridized carbons (Fsp3) is 0.444. The third kappa shape index (κ3) is 5.12. The van der Waals surface area contributed by atoms with Crippen molar-refractivity contribution in [2.24, 2.45) is 0 Å². The van der Waals surface area contributed by atoms with Crippen molar-refractivity contribution in [3.8, 4) is 11.8 Å². The van der Waals surface area contributed by atoms with E-state index in [-0.39, 0.29) is 11.4 Å². The quantitative estimate of drug-likeness (QED) is 0.275. The van der Waals surface area contributed by atoms with Crippen molar-refractivity contribution >= 4 is 14.1 Å². The van der Waals surface area contributed by atoms with Gasteiger partial charge in [0, 0.05) is 16.7 Å². The Morgan fingerprint density at radius 1 is 0.900 bits per heavy atom. The topological polar surface area (TPSA) is 26.3 Å². The summed E-state index contributed by atoms with van der Waals surface area (Å²) in [4.78, 5) is 13.1. The summed E-state index contributed by atoms with van der Waals surface area (Å²) < 4.78 is 7.00. The van der Waals surface area contributed by atoms with Crippen molar-refractivity contribution in [3.63, 3.8) is 0 Å². The van der Waals surface area contributed by atoms with Gasteiger partial charge in [0.1, 0.15) is 5.60 Å². The van der Waals surface area contributed by atoms with E-state index in [1.54, 1.807) is 0 Å². The maximum Gasteiger partial charge on any atom is 0.194 e. The number of carbonyl (C=O) groups excluding carboxylic acids is 1. The zero-order valence-electron chi connectivity index (χ0n) is 18.7. The molecule has 1 aliphatic rings. The molecule has 2 aromatic carbocycles. The van der Waals surface area contributed by atoms with E-state index < -0.39 is 8.32 Å². The molecule has 0 aliphatic heterocycles. The molecule has 0 spiro atoms. The molecule has 0 N–H and O–H groups in total. The minimum atomic E-state index is -1.77. The third-order valence-corrected chi connectivity index (χ3v) is 11.3. The van der Waals surface area contributed by atoms with Gasteiger partial charge >= 0.3 is 0 Å². The maximum atomic E-state index is 13.1. The molecule has 30 heavy (non-hydrogen) atoms. The van der Waals surface area contributed by atoms with Gasteiger partial charge in [0.2, 0.25) is 0 Å². The van der Waals surface area contributed by atoms with Gasteiger partial charge in [-0.3, -0.25) is 4.79 Å². The van der Waals surface area contributed by atoms with Crippen LogP contribution in [0.1, 0.15) is 74.4 Å². The van der Waals surface area contributed by atoms with Gasteiger partial charge in [-0.25, -0.2) is 0 Å². The molecular formula is C27H34O2Si. The number of benzene rings is 2. The second-order valence-electron chi connectivity index (χ2n) is 8.39. The highest BCUT2D eigenvalue weighted by molar-refractivity contribution is 6.73. The molecule has 2 aromatic rings. The molecule has 0 saturated heterocycles. The fourth-order valence-corrected chi connectivity index (χ4v) is 7.49. The van der Waals surface area contributed by atoms with Gasteiger partial charge in [-0.05, 0) is 55.9 Å². The average molecular weight is 419 g/mol. The Balaban J connectivity index is 1.96. The van der Waals surface area contributed by atoms with Gasteiger partial charge in [0.15, 0.2) is 14.1 Å². The summed E-state index contributed by atoms with van der Waals surface area (Å²) in [5.41, 5.74) is 1.82. The zero-order valence-corrected chi connectivity index (χ0v) is 19.7. The normalized spacial score (nSPS) is 15.8. The highest BCUT2D eigenvalue weighted by atomic mass is 28.4. The molecular weight excluding hydrogens is 384 g/mol. The van der Waals surface area contributed by atoms with Crippen LogP contribution in [0.3, 0.4) is 0 Å². The summed E-state index contributed by atoms with van der Waals surface area (Å²) in [6.45, 7) is 6.82. The standard InChI is InChI=1S/C27H34O2Si/c1-4-30(5-2,6-3)29-27(20-13-8-14-21-27)22-19-23-15-11-12-18-25(23)26(28)24-16-9-7-10-17-24/h7,9-12,15-18H,4-6,8,13-14,20-21H2,1-3H3. The van der Waals surface area contributed by atoms with Gasteiger partial charge in [-0.15, -0.1) is 0 Å². The van der Waals surface area contributed by atoms with Gasteiger partial charge in [-0.1, -0.05) is 81.5 Å². The largest absolute Gasteiger partial charge is 0.401 e. The van der Waals surface area contributed by atoms with Gasteiger partial charge in [0.05, 0.1) is 0 Å². The van der Waals surface area contributed by atoms with Crippen LogP contribution < -0.4 is 0 Å². The molecule has 0 bridgehead atoms. The van der Waals surface area contributed by atoms with E-state index in [4.69, 9.17) is 4.43 Å². The van der Waals surface area contributed by atoms with E-state index in [0.29, 0.717) is 11.1 Å². The van der Waals surface area contributed by atoms with Crippen LogP contribution in [0.4, 0.5) is 0 Å². The second kappa shape index (κ2) is 10.2. The predicted octanol–water partition coefficient (Wildman–Crippen LogP) is 6.99. The molecule has 0 unspecified atom stereocenters. The summed E-state index contributed by atoms with van der Waals surface area (Å²) in [5, 5.41) is 0. The van der Waals surface area contributed by atoms with E-state index in [9.17, 15) is 4.79 Å². The first kappa shape index (κ1) is 22.5. The van der Waals surface area contributed by atoms with Crippen LogP contribution in [0.15, 0.2) is 54.6 Å². The molecule has 0 heterocycles. The summed E-state index contributed by atoms with van der Waals surface area (Å²) in [5.74, 6) is 6.99. The molecule has 0 amide bonds. The van der Waals surface area contributed by atoms with E-state index >= 15 is 0 Å². The lowest BCUT2D eigenvalue weighted by Crippen LogP contribution is -2.47. The van der Waals surface area contributed by atoms with E-state index in [1.165, 1.54) is 19.3 Å². The number of ketones is 1. The lowest BCUT2D eigenvalue weighted by atomic mass is 9.85. The molecule has 2 nitrogen and oxygen atoms in total. The van der Waals surface area contributed by atoms with E-state index in [0.717, 1.165) is 36.5 Å². The Morgan fingerprint density at radius 3 is 2.13 bits per heavy atom. The highest BCUT2D eigenvalue weighted by Gasteiger charge is 2.40. The highest BCUT2D eigenvalue weighted by Crippen LogP contribution is 2.37. The van der Waals surface area contributed by atoms with Crippen molar-refractivity contribution in [1.29, 1.82) is 0 Å². The SMILES string of the molecule is CC[Si](CC)(CC)OC1(C#Cc2ccccc2C(=O)c2ccccc2)CCCCC1. The third-order valence-electron chi connectivity index (χ3n) is 6.64.